The second-order valence-corrected chi connectivity index (χ2v) is 6.06. The predicted molar refractivity (Wildman–Crippen MR) is 91.5 cm³/mol. The van der Waals surface area contributed by atoms with Crippen molar-refractivity contribution >= 4 is 32.1 Å². The second-order valence-electron chi connectivity index (χ2n) is 5.10. The fraction of sp³-hybridized carbons (Fsp3) is 0.312. The van der Waals surface area contributed by atoms with E-state index in [-0.39, 0.29) is 17.0 Å². The van der Waals surface area contributed by atoms with Crippen molar-refractivity contribution in [2.24, 2.45) is 0 Å². The molecule has 0 fully saturated rings. The molecule has 5 heteroatoms. The van der Waals surface area contributed by atoms with Gasteiger partial charge in [0.2, 0.25) is 10.3 Å². The third-order valence-electron chi connectivity index (χ3n) is 3.94. The van der Waals surface area contributed by atoms with Crippen molar-refractivity contribution < 1.29 is 8.42 Å². The van der Waals surface area contributed by atoms with E-state index in [2.05, 4.69) is 29.2 Å². The van der Waals surface area contributed by atoms with Gasteiger partial charge in [-0.25, -0.2) is 0 Å². The van der Waals surface area contributed by atoms with Crippen molar-refractivity contribution in [3.8, 4) is 0 Å². The molecule has 0 saturated carbocycles. The van der Waals surface area contributed by atoms with E-state index in [1.54, 1.807) is 0 Å². The maximum Gasteiger partial charge on any atom is 0.219 e. The highest BCUT2D eigenvalue weighted by Gasteiger charge is 2.20. The van der Waals surface area contributed by atoms with Gasteiger partial charge in [-0.15, -0.1) is 17.0 Å². The average Bonchev–Trinajstić information content (AvgIpc) is 2.70. The lowest BCUT2D eigenvalue weighted by Gasteiger charge is -2.26. The van der Waals surface area contributed by atoms with Crippen molar-refractivity contribution in [2.45, 2.75) is 19.3 Å². The van der Waals surface area contributed by atoms with Gasteiger partial charge in [0.25, 0.3) is 0 Å². The highest BCUT2D eigenvalue weighted by Crippen LogP contribution is 2.21. The van der Waals surface area contributed by atoms with Crippen molar-refractivity contribution in [3.63, 3.8) is 0 Å². The molecule has 0 spiro atoms. The van der Waals surface area contributed by atoms with Gasteiger partial charge in [-0.05, 0) is 30.0 Å². The molecule has 0 saturated heterocycles. The van der Waals surface area contributed by atoms with E-state index in [0.717, 1.165) is 31.6 Å². The van der Waals surface area contributed by atoms with Crippen molar-refractivity contribution in [2.75, 3.05) is 13.1 Å². The first kappa shape index (κ1) is 16.0. The van der Waals surface area contributed by atoms with Gasteiger partial charge in [-0.2, -0.15) is 8.42 Å². The summed E-state index contributed by atoms with van der Waals surface area (Å²) in [5.74, 6) is 0. The van der Waals surface area contributed by atoms with Crippen LogP contribution in [0.3, 0.4) is 0 Å². The first-order valence-corrected chi connectivity index (χ1v) is 7.97. The fourth-order valence-corrected chi connectivity index (χ4v) is 3.48. The minimum Gasteiger partial charge on any atom is -0.370 e. The molecule has 0 N–H and O–H groups in total. The van der Waals surface area contributed by atoms with Crippen LogP contribution in [0.25, 0.3) is 0 Å². The van der Waals surface area contributed by atoms with Gasteiger partial charge in [0, 0.05) is 19.5 Å². The number of rotatable bonds is 1. The zero-order valence-electron chi connectivity index (χ0n) is 11.7. The molecule has 21 heavy (non-hydrogen) atoms. The van der Waals surface area contributed by atoms with Crippen LogP contribution in [0.15, 0.2) is 48.2 Å². The molecule has 0 amide bonds. The number of fused-ring (bicyclic) bond motifs is 1. The van der Waals surface area contributed by atoms with Gasteiger partial charge in [-0.1, -0.05) is 36.4 Å². The van der Waals surface area contributed by atoms with Gasteiger partial charge < -0.3 is 4.90 Å². The Morgan fingerprint density at radius 1 is 1.00 bits per heavy atom. The Hall–Kier alpha value is -1.33. The maximum absolute atomic E-state index is 11.4. The Morgan fingerprint density at radius 3 is 2.19 bits per heavy atom. The molecule has 0 atom stereocenters. The number of nitrogens with zero attached hydrogens (tertiary/aromatic N) is 1. The summed E-state index contributed by atoms with van der Waals surface area (Å²) in [5, 5.41) is 0. The maximum atomic E-state index is 11.4. The molecule has 3 nitrogen and oxygen atoms in total. The Balaban J connectivity index is 0.00000161. The summed E-state index contributed by atoms with van der Waals surface area (Å²) in [5.41, 5.74) is 3.63. The molecule has 0 unspecified atom stereocenters. The topological polar surface area (TPSA) is 37.4 Å². The predicted octanol–water partition coefficient (Wildman–Crippen LogP) is 2.56. The molecule has 1 heterocycles. The number of halogens is 1. The van der Waals surface area contributed by atoms with E-state index < -0.39 is 10.3 Å². The number of allylic oxidation sites excluding steroid dienone is 4. The van der Waals surface area contributed by atoms with Gasteiger partial charge >= 0.3 is 0 Å². The third-order valence-corrected chi connectivity index (χ3v) is 4.72. The molecule has 0 radical (unpaired) electrons. The number of benzene rings is 1. The lowest BCUT2D eigenvalue weighted by Crippen LogP contribution is -2.31. The van der Waals surface area contributed by atoms with E-state index in [9.17, 15) is 8.42 Å². The smallest absolute Gasteiger partial charge is 0.219 e. The molecule has 1 aromatic rings. The zero-order valence-corrected chi connectivity index (χ0v) is 14.2. The average molecular weight is 368 g/mol. The zero-order chi connectivity index (χ0) is 13.9. The Labute approximate surface area is 137 Å². The van der Waals surface area contributed by atoms with Crippen LogP contribution < -0.4 is 0 Å². The molecule has 112 valence electrons. The van der Waals surface area contributed by atoms with Crippen LogP contribution >= 0.6 is 17.0 Å². The third kappa shape index (κ3) is 3.47. The fourth-order valence-electron chi connectivity index (χ4n) is 2.88. The lowest BCUT2D eigenvalue weighted by molar-refractivity contribution is 0.378. The molecular weight excluding hydrogens is 350 g/mol. The quantitative estimate of drug-likeness (QED) is 0.715. The molecule has 1 aliphatic carbocycles. The minimum atomic E-state index is -2.13. The summed E-state index contributed by atoms with van der Waals surface area (Å²) in [6.07, 6.45) is 8.20. The molecule has 2 aliphatic rings. The van der Waals surface area contributed by atoms with Crippen molar-refractivity contribution in [1.29, 1.82) is 0 Å². The van der Waals surface area contributed by atoms with Gasteiger partial charge in [0.15, 0.2) is 0 Å². The summed E-state index contributed by atoms with van der Waals surface area (Å²) in [6, 6.07) is 8.48. The summed E-state index contributed by atoms with van der Waals surface area (Å²) < 4.78 is 22.7. The van der Waals surface area contributed by atoms with Crippen molar-refractivity contribution in [3.05, 3.63) is 59.3 Å². The lowest BCUT2D eigenvalue weighted by atomic mass is 10.0. The van der Waals surface area contributed by atoms with Crippen LogP contribution in [0.1, 0.15) is 17.5 Å². The van der Waals surface area contributed by atoms with Crippen LogP contribution in [-0.2, 0) is 23.1 Å². The highest BCUT2D eigenvalue weighted by atomic mass is 79.9. The molecule has 1 aromatic carbocycles. The van der Waals surface area contributed by atoms with Crippen molar-refractivity contribution in [1.82, 2.24) is 4.90 Å². The summed E-state index contributed by atoms with van der Waals surface area (Å²) >= 11 is 0. The Bertz CT molecular complexity index is 685. The standard InChI is InChI=1S/C16H17NO2S.BrH/c18-20(19)16-8-4-3-7-15(16)17-11-9-13-5-1-2-6-14(13)10-12-17;/h1-7H,8-12H2;1H. The van der Waals surface area contributed by atoms with Crippen LogP contribution in [0.4, 0.5) is 0 Å². The number of hydrogen-bond acceptors (Lipinski definition) is 3. The van der Waals surface area contributed by atoms with Gasteiger partial charge in [0.05, 0.1) is 10.6 Å². The first-order valence-electron chi connectivity index (χ1n) is 6.90. The van der Waals surface area contributed by atoms with Gasteiger partial charge in [0.1, 0.15) is 0 Å². The summed E-state index contributed by atoms with van der Waals surface area (Å²) in [7, 11) is -2.13. The van der Waals surface area contributed by atoms with Crippen LogP contribution in [-0.4, -0.2) is 31.3 Å². The van der Waals surface area contributed by atoms with E-state index in [0.29, 0.717) is 11.3 Å². The molecule has 3 rings (SSSR count). The first-order chi connectivity index (χ1) is 9.75. The van der Waals surface area contributed by atoms with E-state index in [4.69, 9.17) is 0 Å². The number of hydrogen-bond donors (Lipinski definition) is 0. The molecule has 1 aliphatic heterocycles. The Kier molecular flexibility index (Phi) is 5.42. The van der Waals surface area contributed by atoms with Crippen LogP contribution in [0.5, 0.6) is 0 Å². The highest BCUT2D eigenvalue weighted by molar-refractivity contribution is 8.93. The normalized spacial score (nSPS) is 17.4. The summed E-state index contributed by atoms with van der Waals surface area (Å²) in [6.45, 7) is 1.74. The second kappa shape index (κ2) is 7.09. The Morgan fingerprint density at radius 2 is 1.62 bits per heavy atom. The largest absolute Gasteiger partial charge is 0.370 e. The molecule has 0 aromatic heterocycles. The van der Waals surface area contributed by atoms with Gasteiger partial charge in [-0.3, -0.25) is 0 Å². The van der Waals surface area contributed by atoms with Crippen LogP contribution in [0, 0.1) is 0 Å². The molecular formula is C16H18BrNO2S. The van der Waals surface area contributed by atoms with Crippen LogP contribution in [0.2, 0.25) is 0 Å². The monoisotopic (exact) mass is 367 g/mol. The molecule has 0 bridgehead atoms. The van der Waals surface area contributed by atoms with E-state index in [1.807, 2.05) is 18.2 Å². The SMILES string of the molecule is Br.O=S(=O)=C1CC=CC=C1N1CCc2ccccc2CC1. The minimum absolute atomic E-state index is 0. The van der Waals surface area contributed by atoms with E-state index in [1.165, 1.54) is 11.1 Å². The summed E-state index contributed by atoms with van der Waals surface area (Å²) in [4.78, 5) is 2.72. The van der Waals surface area contributed by atoms with E-state index >= 15 is 0 Å².